The third-order valence-corrected chi connectivity index (χ3v) is 6.28. The standard InChI is InChI=1S/C30H20ClFN4O/c31-26-13-7-14-27(32)25(26)19-36-18-23(29(35-36)21-9-2-1-3-10-21)16-22(17-33)30(37)34-28-15-6-11-20-8-4-5-12-24(20)28/h1-16,18H,19H2,(H,34,37)/b22-16+. The number of hydrogen-bond acceptors (Lipinski definition) is 3. The molecule has 0 aliphatic heterocycles. The van der Waals surface area contributed by atoms with Crippen LogP contribution in [0.25, 0.3) is 28.1 Å². The molecule has 0 atom stereocenters. The van der Waals surface area contributed by atoms with Crippen LogP contribution in [0, 0.1) is 17.1 Å². The fourth-order valence-corrected chi connectivity index (χ4v) is 4.34. The molecule has 7 heteroatoms. The van der Waals surface area contributed by atoms with Crippen molar-refractivity contribution in [2.45, 2.75) is 6.54 Å². The van der Waals surface area contributed by atoms with E-state index >= 15 is 0 Å². The molecule has 5 rings (SSSR count). The molecule has 1 amide bonds. The number of hydrogen-bond donors (Lipinski definition) is 1. The van der Waals surface area contributed by atoms with Gasteiger partial charge in [0.25, 0.3) is 5.91 Å². The largest absolute Gasteiger partial charge is 0.321 e. The van der Waals surface area contributed by atoms with Gasteiger partial charge < -0.3 is 5.32 Å². The summed E-state index contributed by atoms with van der Waals surface area (Å²) in [6.45, 7) is 0.0866. The van der Waals surface area contributed by atoms with Crippen LogP contribution >= 0.6 is 11.6 Å². The van der Waals surface area contributed by atoms with E-state index in [-0.39, 0.29) is 12.1 Å². The molecule has 0 spiro atoms. The summed E-state index contributed by atoms with van der Waals surface area (Å²) in [7, 11) is 0. The lowest BCUT2D eigenvalue weighted by Crippen LogP contribution is -2.13. The highest BCUT2D eigenvalue weighted by molar-refractivity contribution is 6.31. The molecule has 37 heavy (non-hydrogen) atoms. The number of nitrogens with one attached hydrogen (secondary N) is 1. The van der Waals surface area contributed by atoms with Gasteiger partial charge in [0, 0.05) is 39.0 Å². The second-order valence-electron chi connectivity index (χ2n) is 8.35. The van der Waals surface area contributed by atoms with Crippen LogP contribution in [0.3, 0.4) is 0 Å². The molecule has 4 aromatic carbocycles. The van der Waals surface area contributed by atoms with Gasteiger partial charge >= 0.3 is 0 Å². The third-order valence-electron chi connectivity index (χ3n) is 5.92. The number of nitriles is 1. The van der Waals surface area contributed by atoms with Gasteiger partial charge in [-0.1, -0.05) is 84.4 Å². The van der Waals surface area contributed by atoms with Crippen LogP contribution in [0.15, 0.2) is 103 Å². The van der Waals surface area contributed by atoms with E-state index in [1.165, 1.54) is 12.1 Å². The highest BCUT2D eigenvalue weighted by Crippen LogP contribution is 2.27. The zero-order valence-corrected chi connectivity index (χ0v) is 20.3. The summed E-state index contributed by atoms with van der Waals surface area (Å²) in [6.07, 6.45) is 3.17. The molecular formula is C30H20ClFN4O. The highest BCUT2D eigenvalue weighted by Gasteiger charge is 2.17. The number of rotatable bonds is 6. The molecule has 0 saturated carbocycles. The fourth-order valence-electron chi connectivity index (χ4n) is 4.12. The van der Waals surface area contributed by atoms with Crippen LogP contribution < -0.4 is 5.32 Å². The number of carbonyl (C=O) groups is 1. The molecule has 1 N–H and O–H groups in total. The maximum atomic E-state index is 14.4. The van der Waals surface area contributed by atoms with Crippen molar-refractivity contribution in [1.29, 1.82) is 5.26 Å². The van der Waals surface area contributed by atoms with Crippen LogP contribution in [-0.4, -0.2) is 15.7 Å². The Kier molecular flexibility index (Phi) is 6.80. The monoisotopic (exact) mass is 506 g/mol. The summed E-state index contributed by atoms with van der Waals surface area (Å²) in [5, 5.41) is 19.5. The minimum Gasteiger partial charge on any atom is -0.321 e. The Morgan fingerprint density at radius 2 is 1.73 bits per heavy atom. The van der Waals surface area contributed by atoms with Gasteiger partial charge in [-0.2, -0.15) is 10.4 Å². The summed E-state index contributed by atoms with van der Waals surface area (Å²) in [5.41, 5.74) is 2.71. The number of amides is 1. The Hall–Kier alpha value is -4.73. The van der Waals surface area contributed by atoms with Gasteiger partial charge in [0.2, 0.25) is 0 Å². The van der Waals surface area contributed by atoms with Crippen molar-refractivity contribution in [3.8, 4) is 17.3 Å². The molecule has 5 aromatic rings. The van der Waals surface area contributed by atoms with Crippen LogP contribution in [0.2, 0.25) is 5.02 Å². The van der Waals surface area contributed by atoms with Gasteiger partial charge in [0.15, 0.2) is 0 Å². The Bertz CT molecular complexity index is 1660. The first-order valence-electron chi connectivity index (χ1n) is 11.5. The van der Waals surface area contributed by atoms with Gasteiger partial charge in [0.05, 0.1) is 12.2 Å². The number of aromatic nitrogens is 2. The lowest BCUT2D eigenvalue weighted by atomic mass is 10.1. The molecule has 0 bridgehead atoms. The third kappa shape index (κ3) is 5.13. The van der Waals surface area contributed by atoms with Crippen molar-refractivity contribution >= 4 is 40.0 Å². The normalized spacial score (nSPS) is 11.3. The van der Waals surface area contributed by atoms with E-state index in [0.29, 0.717) is 27.5 Å². The maximum absolute atomic E-state index is 14.4. The molecule has 0 aliphatic rings. The molecule has 0 unspecified atom stereocenters. The molecule has 0 fully saturated rings. The summed E-state index contributed by atoms with van der Waals surface area (Å²) in [5.74, 6) is -0.976. The molecule has 1 heterocycles. The number of halogens is 2. The van der Waals surface area contributed by atoms with E-state index in [1.54, 1.807) is 29.1 Å². The Morgan fingerprint density at radius 1 is 1.00 bits per heavy atom. The average Bonchev–Trinajstić information content (AvgIpc) is 3.32. The Morgan fingerprint density at radius 3 is 2.51 bits per heavy atom. The molecule has 0 radical (unpaired) electrons. The first kappa shape index (κ1) is 24.0. The van der Waals surface area contributed by atoms with Crippen LogP contribution in [0.4, 0.5) is 10.1 Å². The van der Waals surface area contributed by atoms with Crippen molar-refractivity contribution in [1.82, 2.24) is 9.78 Å². The second-order valence-corrected chi connectivity index (χ2v) is 8.75. The molecular weight excluding hydrogens is 487 g/mol. The summed E-state index contributed by atoms with van der Waals surface area (Å²) < 4.78 is 16.0. The lowest BCUT2D eigenvalue weighted by molar-refractivity contribution is -0.112. The minimum absolute atomic E-state index is 0.0866. The summed E-state index contributed by atoms with van der Waals surface area (Å²) in [4.78, 5) is 13.1. The van der Waals surface area contributed by atoms with Gasteiger partial charge in [-0.25, -0.2) is 4.39 Å². The zero-order chi connectivity index (χ0) is 25.8. The minimum atomic E-state index is -0.539. The zero-order valence-electron chi connectivity index (χ0n) is 19.5. The first-order valence-corrected chi connectivity index (χ1v) is 11.9. The smallest absolute Gasteiger partial charge is 0.266 e. The van der Waals surface area contributed by atoms with Crippen molar-refractivity contribution in [3.63, 3.8) is 0 Å². The number of nitrogens with zero attached hydrogens (tertiary/aromatic N) is 3. The van der Waals surface area contributed by atoms with Gasteiger partial charge in [0.1, 0.15) is 17.5 Å². The SMILES string of the molecule is N#C/C(=C\c1cn(Cc2c(F)cccc2Cl)nc1-c1ccccc1)C(=O)Nc1cccc2ccccc12. The lowest BCUT2D eigenvalue weighted by Gasteiger charge is -2.08. The Labute approximate surface area is 218 Å². The highest BCUT2D eigenvalue weighted by atomic mass is 35.5. The van der Waals surface area contributed by atoms with Crippen molar-refractivity contribution < 1.29 is 9.18 Å². The van der Waals surface area contributed by atoms with E-state index in [1.807, 2.05) is 72.8 Å². The van der Waals surface area contributed by atoms with Gasteiger partial charge in [-0.05, 0) is 29.7 Å². The predicted octanol–water partition coefficient (Wildman–Crippen LogP) is 7.09. The van der Waals surface area contributed by atoms with Gasteiger partial charge in [-0.15, -0.1) is 0 Å². The molecule has 5 nitrogen and oxygen atoms in total. The predicted molar refractivity (Wildman–Crippen MR) is 144 cm³/mol. The van der Waals surface area contributed by atoms with Crippen LogP contribution in [0.5, 0.6) is 0 Å². The molecule has 0 aliphatic carbocycles. The van der Waals surface area contributed by atoms with Crippen LogP contribution in [-0.2, 0) is 11.3 Å². The Balaban J connectivity index is 1.52. The first-order chi connectivity index (χ1) is 18.0. The van der Waals surface area contributed by atoms with Gasteiger partial charge in [-0.3, -0.25) is 9.48 Å². The summed E-state index contributed by atoms with van der Waals surface area (Å²) in [6, 6.07) is 29.2. The van der Waals surface area contributed by atoms with E-state index in [9.17, 15) is 14.4 Å². The van der Waals surface area contributed by atoms with Crippen LogP contribution in [0.1, 0.15) is 11.1 Å². The van der Waals surface area contributed by atoms with Crippen molar-refractivity contribution in [2.75, 3.05) is 5.32 Å². The summed E-state index contributed by atoms with van der Waals surface area (Å²) >= 11 is 6.22. The number of fused-ring (bicyclic) bond motifs is 1. The average molecular weight is 507 g/mol. The topological polar surface area (TPSA) is 70.7 Å². The number of benzene rings is 4. The van der Waals surface area contributed by atoms with Crippen molar-refractivity contribution in [3.05, 3.63) is 125 Å². The number of carbonyl (C=O) groups excluding carboxylic acids is 1. The van der Waals surface area contributed by atoms with Crippen molar-refractivity contribution in [2.24, 2.45) is 0 Å². The molecule has 0 saturated heterocycles. The van der Waals surface area contributed by atoms with E-state index in [4.69, 9.17) is 11.6 Å². The maximum Gasteiger partial charge on any atom is 0.266 e. The molecule has 1 aromatic heterocycles. The quantitative estimate of drug-likeness (QED) is 0.197. The number of anilines is 1. The van der Waals surface area contributed by atoms with E-state index in [0.717, 1.165) is 16.3 Å². The molecule has 180 valence electrons. The van der Waals surface area contributed by atoms with E-state index in [2.05, 4.69) is 10.4 Å². The van der Waals surface area contributed by atoms with E-state index < -0.39 is 11.7 Å². The fraction of sp³-hybridized carbons (Fsp3) is 0.0333. The second kappa shape index (κ2) is 10.5.